The van der Waals surface area contributed by atoms with Crippen molar-refractivity contribution < 1.29 is 9.59 Å². The minimum absolute atomic E-state index is 0.200. The van der Waals surface area contributed by atoms with Crippen LogP contribution in [0.4, 0.5) is 0 Å². The van der Waals surface area contributed by atoms with Gasteiger partial charge in [-0.15, -0.1) is 0 Å². The number of piperazine rings is 1. The van der Waals surface area contributed by atoms with Crippen molar-refractivity contribution in [3.05, 3.63) is 0 Å². The number of nitrogens with zero attached hydrogens (tertiary/aromatic N) is 3. The Balaban J connectivity index is 1.71. The van der Waals surface area contributed by atoms with E-state index in [1.54, 1.807) is 0 Å². The molecule has 1 saturated heterocycles. The fourth-order valence-electron chi connectivity index (χ4n) is 4.39. The normalized spacial score (nSPS) is 19.8. The quantitative estimate of drug-likeness (QED) is 0.708. The Morgan fingerprint density at radius 2 is 1.52 bits per heavy atom. The summed E-state index contributed by atoms with van der Waals surface area (Å²) in [7, 11) is 0. The largest absolute Gasteiger partial charge is 0.340 e. The van der Waals surface area contributed by atoms with Gasteiger partial charge in [0.25, 0.3) is 0 Å². The van der Waals surface area contributed by atoms with Gasteiger partial charge in [-0.05, 0) is 40.0 Å². The fourth-order valence-corrected chi connectivity index (χ4v) is 4.39. The van der Waals surface area contributed by atoms with Crippen molar-refractivity contribution in [2.45, 2.75) is 78.3 Å². The smallest absolute Gasteiger partial charge is 0.237 e. The molecule has 0 spiro atoms. The number of hydrogen-bond acceptors (Lipinski definition) is 3. The zero-order valence-electron chi connectivity index (χ0n) is 16.7. The Kier molecular flexibility index (Phi) is 7.73. The van der Waals surface area contributed by atoms with Crippen LogP contribution in [0.15, 0.2) is 0 Å². The lowest BCUT2D eigenvalue weighted by atomic mass is 10.0. The van der Waals surface area contributed by atoms with Crippen LogP contribution in [0, 0.1) is 5.92 Å². The summed E-state index contributed by atoms with van der Waals surface area (Å²) in [6.07, 6.45) is 7.08. The van der Waals surface area contributed by atoms with Gasteiger partial charge in [-0.3, -0.25) is 14.5 Å². The Labute approximate surface area is 153 Å². The fraction of sp³-hybridized carbons (Fsp3) is 0.900. The monoisotopic (exact) mass is 351 g/mol. The summed E-state index contributed by atoms with van der Waals surface area (Å²) < 4.78 is 0. The van der Waals surface area contributed by atoms with Crippen LogP contribution in [-0.4, -0.2) is 71.3 Å². The van der Waals surface area contributed by atoms with E-state index in [0.29, 0.717) is 18.9 Å². The molecule has 0 N–H and O–H groups in total. The third-order valence-electron chi connectivity index (χ3n) is 5.73. The number of carbonyl (C=O) groups excluding carboxylic acids is 2. The molecule has 5 heteroatoms. The van der Waals surface area contributed by atoms with Crippen molar-refractivity contribution >= 4 is 11.8 Å². The van der Waals surface area contributed by atoms with Gasteiger partial charge in [-0.25, -0.2) is 0 Å². The predicted molar refractivity (Wildman–Crippen MR) is 101 cm³/mol. The van der Waals surface area contributed by atoms with Crippen LogP contribution in [0.5, 0.6) is 0 Å². The highest BCUT2D eigenvalue weighted by Gasteiger charge is 2.26. The molecule has 2 rings (SSSR count). The molecule has 0 radical (unpaired) electrons. The van der Waals surface area contributed by atoms with E-state index in [2.05, 4.69) is 32.6 Å². The average molecular weight is 352 g/mol. The van der Waals surface area contributed by atoms with Crippen molar-refractivity contribution in [3.63, 3.8) is 0 Å². The molecule has 5 nitrogen and oxygen atoms in total. The van der Waals surface area contributed by atoms with Crippen LogP contribution < -0.4 is 0 Å². The molecule has 0 bridgehead atoms. The Morgan fingerprint density at radius 1 is 0.960 bits per heavy atom. The second-order valence-electron chi connectivity index (χ2n) is 8.33. The van der Waals surface area contributed by atoms with Crippen molar-refractivity contribution in [2.24, 2.45) is 5.92 Å². The van der Waals surface area contributed by atoms with Crippen LogP contribution in [0.2, 0.25) is 0 Å². The summed E-state index contributed by atoms with van der Waals surface area (Å²) in [4.78, 5) is 31.1. The van der Waals surface area contributed by atoms with Crippen molar-refractivity contribution in [2.75, 3.05) is 32.7 Å². The molecule has 1 heterocycles. The molecule has 1 saturated carbocycles. The van der Waals surface area contributed by atoms with E-state index in [1.165, 1.54) is 25.7 Å². The first-order valence-corrected chi connectivity index (χ1v) is 10.2. The highest BCUT2D eigenvalue weighted by molar-refractivity contribution is 5.79. The van der Waals surface area contributed by atoms with Gasteiger partial charge in [0.2, 0.25) is 11.8 Å². The molecule has 0 aromatic heterocycles. The van der Waals surface area contributed by atoms with E-state index in [4.69, 9.17) is 0 Å². The van der Waals surface area contributed by atoms with Crippen LogP contribution in [0.25, 0.3) is 0 Å². The predicted octanol–water partition coefficient (Wildman–Crippen LogP) is 2.75. The molecule has 2 amide bonds. The minimum Gasteiger partial charge on any atom is -0.340 e. The van der Waals surface area contributed by atoms with Crippen LogP contribution in [-0.2, 0) is 9.59 Å². The van der Waals surface area contributed by atoms with Crippen molar-refractivity contribution in [3.8, 4) is 0 Å². The Bertz CT molecular complexity index is 428. The topological polar surface area (TPSA) is 43.9 Å². The first-order chi connectivity index (χ1) is 11.9. The van der Waals surface area contributed by atoms with Crippen LogP contribution in [0.1, 0.15) is 66.2 Å². The first-order valence-electron chi connectivity index (χ1n) is 10.2. The molecule has 1 aliphatic heterocycles. The molecule has 0 aromatic rings. The highest BCUT2D eigenvalue weighted by atomic mass is 16.2. The van der Waals surface area contributed by atoms with Gasteiger partial charge in [0.1, 0.15) is 0 Å². The SMILES string of the molecule is CC(C)N(C(=O)CN1CCN(C(=O)CCC2CCCC2)CC1)C(C)C. The summed E-state index contributed by atoms with van der Waals surface area (Å²) in [6, 6.07) is 0.455. The van der Waals surface area contributed by atoms with Crippen LogP contribution in [0.3, 0.4) is 0 Å². The molecule has 25 heavy (non-hydrogen) atoms. The van der Waals surface area contributed by atoms with E-state index in [1.807, 2.05) is 9.80 Å². The second-order valence-corrected chi connectivity index (χ2v) is 8.33. The lowest BCUT2D eigenvalue weighted by molar-refractivity contribution is -0.137. The van der Waals surface area contributed by atoms with Crippen molar-refractivity contribution in [1.29, 1.82) is 0 Å². The molecule has 0 unspecified atom stereocenters. The maximum absolute atomic E-state index is 12.6. The number of carbonyl (C=O) groups is 2. The summed E-state index contributed by atoms with van der Waals surface area (Å²) in [5.41, 5.74) is 0. The van der Waals surface area contributed by atoms with Gasteiger partial charge < -0.3 is 9.80 Å². The van der Waals surface area contributed by atoms with Gasteiger partial charge in [0.15, 0.2) is 0 Å². The van der Waals surface area contributed by atoms with Crippen molar-refractivity contribution in [1.82, 2.24) is 14.7 Å². The van der Waals surface area contributed by atoms with Gasteiger partial charge in [0, 0.05) is 44.7 Å². The third-order valence-corrected chi connectivity index (χ3v) is 5.73. The van der Waals surface area contributed by atoms with Gasteiger partial charge in [-0.1, -0.05) is 25.7 Å². The lowest BCUT2D eigenvalue weighted by Crippen LogP contribution is -2.53. The molecule has 2 aliphatic rings. The summed E-state index contributed by atoms with van der Waals surface area (Å²) in [5.74, 6) is 1.29. The van der Waals surface area contributed by atoms with E-state index in [-0.39, 0.29) is 18.0 Å². The molecule has 1 aliphatic carbocycles. The van der Waals surface area contributed by atoms with Gasteiger partial charge in [0.05, 0.1) is 6.54 Å². The van der Waals surface area contributed by atoms with Gasteiger partial charge in [-0.2, -0.15) is 0 Å². The van der Waals surface area contributed by atoms with E-state index < -0.39 is 0 Å². The molecule has 0 atom stereocenters. The maximum atomic E-state index is 12.6. The summed E-state index contributed by atoms with van der Waals surface area (Å²) in [6.45, 7) is 11.9. The van der Waals surface area contributed by atoms with E-state index in [9.17, 15) is 9.59 Å². The number of amides is 2. The highest BCUT2D eigenvalue weighted by Crippen LogP contribution is 2.28. The average Bonchev–Trinajstić information content (AvgIpc) is 3.06. The lowest BCUT2D eigenvalue weighted by Gasteiger charge is -2.37. The van der Waals surface area contributed by atoms with E-state index >= 15 is 0 Å². The number of rotatable bonds is 7. The van der Waals surface area contributed by atoms with Crippen LogP contribution >= 0.6 is 0 Å². The molecular weight excluding hydrogens is 314 g/mol. The molecule has 2 fully saturated rings. The number of hydrogen-bond donors (Lipinski definition) is 0. The molecule has 144 valence electrons. The zero-order chi connectivity index (χ0) is 18.4. The Hall–Kier alpha value is -1.10. The summed E-state index contributed by atoms with van der Waals surface area (Å²) in [5, 5.41) is 0. The second kappa shape index (κ2) is 9.56. The standard InChI is InChI=1S/C20H37N3O2/c1-16(2)23(17(3)4)20(25)15-21-11-13-22(14-12-21)19(24)10-9-18-7-5-6-8-18/h16-18H,5-15H2,1-4H3. The minimum atomic E-state index is 0.200. The molecule has 0 aromatic carbocycles. The maximum Gasteiger partial charge on any atom is 0.237 e. The van der Waals surface area contributed by atoms with Gasteiger partial charge >= 0.3 is 0 Å². The third kappa shape index (κ3) is 5.98. The first kappa shape index (κ1) is 20.2. The molecular formula is C20H37N3O2. The Morgan fingerprint density at radius 3 is 2.04 bits per heavy atom. The zero-order valence-corrected chi connectivity index (χ0v) is 16.7. The van der Waals surface area contributed by atoms with E-state index in [0.717, 1.165) is 38.5 Å². The summed E-state index contributed by atoms with van der Waals surface area (Å²) >= 11 is 0.